The summed E-state index contributed by atoms with van der Waals surface area (Å²) in [4.78, 5) is 10.7. The van der Waals surface area contributed by atoms with Crippen LogP contribution in [0.5, 0.6) is 0 Å². The lowest BCUT2D eigenvalue weighted by Crippen LogP contribution is -2.40. The van der Waals surface area contributed by atoms with Gasteiger partial charge in [0.1, 0.15) is 0 Å². The van der Waals surface area contributed by atoms with Gasteiger partial charge < -0.3 is 9.84 Å². The van der Waals surface area contributed by atoms with Crippen molar-refractivity contribution in [2.45, 2.75) is 38.2 Å². The molecule has 2 N–H and O–H groups in total. The lowest BCUT2D eigenvalue weighted by Gasteiger charge is -2.21. The molecule has 0 aromatic heterocycles. The van der Waals surface area contributed by atoms with E-state index in [0.717, 1.165) is 25.7 Å². The normalized spacial score (nSPS) is 19.6. The molecule has 1 fully saturated rings. The zero-order valence-corrected chi connectivity index (χ0v) is 11.4. The number of ether oxygens (including phenoxy) is 1. The number of aliphatic carboxylic acids is 1. The average molecular weight is 279 g/mol. The summed E-state index contributed by atoms with van der Waals surface area (Å²) in [7, 11) is -2.17. The third kappa shape index (κ3) is 5.32. The number of methoxy groups -OCH3 is 1. The first-order chi connectivity index (χ1) is 8.44. The summed E-state index contributed by atoms with van der Waals surface area (Å²) in [6.07, 6.45) is 4.08. The van der Waals surface area contributed by atoms with Gasteiger partial charge in [-0.15, -0.1) is 0 Å². The maximum Gasteiger partial charge on any atom is 0.334 e. The van der Waals surface area contributed by atoms with Crippen molar-refractivity contribution in [3.8, 4) is 0 Å². The molecule has 18 heavy (non-hydrogen) atoms. The van der Waals surface area contributed by atoms with Crippen molar-refractivity contribution in [3.63, 3.8) is 0 Å². The zero-order chi connectivity index (χ0) is 13.6. The highest BCUT2D eigenvalue weighted by molar-refractivity contribution is 7.89. The minimum atomic E-state index is -3.41. The second-order valence-electron chi connectivity index (χ2n) is 4.70. The molecule has 1 rings (SSSR count). The number of sulfonamides is 1. The van der Waals surface area contributed by atoms with Crippen LogP contribution in [-0.2, 0) is 19.6 Å². The van der Waals surface area contributed by atoms with E-state index in [-0.39, 0.29) is 18.2 Å². The van der Waals surface area contributed by atoms with Gasteiger partial charge in [0.2, 0.25) is 10.0 Å². The van der Waals surface area contributed by atoms with Crippen molar-refractivity contribution >= 4 is 16.0 Å². The molecule has 0 spiro atoms. The Morgan fingerprint density at radius 2 is 2.00 bits per heavy atom. The van der Waals surface area contributed by atoms with Crippen LogP contribution in [0, 0.1) is 5.92 Å². The summed E-state index contributed by atoms with van der Waals surface area (Å²) in [5.41, 5.74) is 0. The minimum absolute atomic E-state index is 0.0864. The molecule has 0 heterocycles. The van der Waals surface area contributed by atoms with E-state index in [4.69, 9.17) is 5.11 Å². The minimum Gasteiger partial charge on any atom is -0.479 e. The Balaban J connectivity index is 2.41. The molecule has 0 saturated heterocycles. The molecule has 0 aromatic carbocycles. The summed E-state index contributed by atoms with van der Waals surface area (Å²) < 4.78 is 30.5. The van der Waals surface area contributed by atoms with Gasteiger partial charge in [-0.1, -0.05) is 19.3 Å². The van der Waals surface area contributed by atoms with E-state index >= 15 is 0 Å². The summed E-state index contributed by atoms with van der Waals surface area (Å²) >= 11 is 0. The molecule has 1 unspecified atom stereocenters. The van der Waals surface area contributed by atoms with Gasteiger partial charge in [0.15, 0.2) is 6.10 Å². The summed E-state index contributed by atoms with van der Waals surface area (Å²) in [5.74, 6) is -0.886. The van der Waals surface area contributed by atoms with E-state index in [0.29, 0.717) is 0 Å². The Labute approximate surface area is 108 Å². The summed E-state index contributed by atoms with van der Waals surface area (Å²) in [6, 6.07) is 0. The molecular weight excluding hydrogens is 258 g/mol. The Morgan fingerprint density at radius 3 is 2.50 bits per heavy atom. The predicted octanol–water partition coefficient (Wildman–Crippen LogP) is 0.586. The molecule has 7 heteroatoms. The SMILES string of the molecule is COC(CNS(=O)(=O)CC1CCCCC1)C(=O)O. The van der Waals surface area contributed by atoms with Crippen molar-refractivity contribution in [2.24, 2.45) is 5.92 Å². The second kappa shape index (κ2) is 7.06. The van der Waals surface area contributed by atoms with E-state index in [9.17, 15) is 13.2 Å². The maximum absolute atomic E-state index is 11.8. The van der Waals surface area contributed by atoms with Gasteiger partial charge in [0.05, 0.1) is 5.75 Å². The highest BCUT2D eigenvalue weighted by Gasteiger charge is 2.24. The largest absolute Gasteiger partial charge is 0.479 e. The molecule has 1 atom stereocenters. The Bertz CT molecular complexity index is 362. The van der Waals surface area contributed by atoms with Crippen LogP contribution in [0.25, 0.3) is 0 Å². The van der Waals surface area contributed by atoms with Crippen molar-refractivity contribution in [2.75, 3.05) is 19.4 Å². The van der Waals surface area contributed by atoms with Crippen molar-refractivity contribution < 1.29 is 23.1 Å². The molecule has 0 bridgehead atoms. The van der Waals surface area contributed by atoms with Crippen LogP contribution >= 0.6 is 0 Å². The number of carboxylic acids is 1. The number of hydrogen-bond donors (Lipinski definition) is 2. The number of rotatable bonds is 7. The van der Waals surface area contributed by atoms with Crippen LogP contribution in [0.1, 0.15) is 32.1 Å². The third-order valence-electron chi connectivity index (χ3n) is 3.23. The van der Waals surface area contributed by atoms with E-state index in [1.165, 1.54) is 13.5 Å². The van der Waals surface area contributed by atoms with Crippen LogP contribution in [0.3, 0.4) is 0 Å². The van der Waals surface area contributed by atoms with E-state index in [1.807, 2.05) is 0 Å². The van der Waals surface area contributed by atoms with Gasteiger partial charge in [0, 0.05) is 13.7 Å². The predicted molar refractivity (Wildman–Crippen MR) is 66.8 cm³/mol. The van der Waals surface area contributed by atoms with Crippen molar-refractivity contribution in [1.82, 2.24) is 4.72 Å². The molecular formula is C11H21NO5S. The highest BCUT2D eigenvalue weighted by atomic mass is 32.2. The Hall–Kier alpha value is -0.660. The number of nitrogens with one attached hydrogen (secondary N) is 1. The number of carboxylic acid groups (broad SMARTS) is 1. The fourth-order valence-electron chi connectivity index (χ4n) is 2.20. The fraction of sp³-hybridized carbons (Fsp3) is 0.909. The van der Waals surface area contributed by atoms with Crippen LogP contribution < -0.4 is 4.72 Å². The van der Waals surface area contributed by atoms with Gasteiger partial charge in [0.25, 0.3) is 0 Å². The summed E-state index contributed by atoms with van der Waals surface area (Å²) in [5, 5.41) is 8.73. The first-order valence-electron chi connectivity index (χ1n) is 6.17. The number of carbonyl (C=O) groups is 1. The lowest BCUT2D eigenvalue weighted by molar-refractivity contribution is -0.147. The van der Waals surface area contributed by atoms with Gasteiger partial charge in [-0.05, 0) is 18.8 Å². The van der Waals surface area contributed by atoms with Gasteiger partial charge in [-0.2, -0.15) is 0 Å². The average Bonchev–Trinajstić information content (AvgIpc) is 2.29. The molecule has 0 amide bonds. The monoisotopic (exact) mass is 279 g/mol. The van der Waals surface area contributed by atoms with E-state index in [2.05, 4.69) is 9.46 Å². The van der Waals surface area contributed by atoms with E-state index in [1.54, 1.807) is 0 Å². The lowest BCUT2D eigenvalue weighted by atomic mass is 9.91. The summed E-state index contributed by atoms with van der Waals surface area (Å²) in [6.45, 7) is -0.221. The Morgan fingerprint density at radius 1 is 1.39 bits per heavy atom. The fourth-order valence-corrected chi connectivity index (χ4v) is 3.67. The van der Waals surface area contributed by atoms with Crippen molar-refractivity contribution in [1.29, 1.82) is 0 Å². The standard InChI is InChI=1S/C11H21NO5S/c1-17-10(11(13)14)7-12-18(15,16)8-9-5-3-2-4-6-9/h9-10,12H,2-8H2,1H3,(H,13,14). The first kappa shape index (κ1) is 15.4. The smallest absolute Gasteiger partial charge is 0.334 e. The molecule has 1 aliphatic carbocycles. The van der Waals surface area contributed by atoms with Crippen LogP contribution in [0.15, 0.2) is 0 Å². The van der Waals surface area contributed by atoms with Gasteiger partial charge in [-0.25, -0.2) is 17.9 Å². The highest BCUT2D eigenvalue weighted by Crippen LogP contribution is 2.24. The molecule has 0 radical (unpaired) electrons. The molecule has 106 valence electrons. The first-order valence-corrected chi connectivity index (χ1v) is 7.83. The molecule has 0 aromatic rings. The van der Waals surface area contributed by atoms with Crippen LogP contribution in [0.4, 0.5) is 0 Å². The third-order valence-corrected chi connectivity index (χ3v) is 4.75. The topological polar surface area (TPSA) is 92.7 Å². The zero-order valence-electron chi connectivity index (χ0n) is 10.6. The second-order valence-corrected chi connectivity index (χ2v) is 6.55. The quantitative estimate of drug-likeness (QED) is 0.711. The van der Waals surface area contributed by atoms with Gasteiger partial charge in [-0.3, -0.25) is 0 Å². The molecule has 1 saturated carbocycles. The molecule has 6 nitrogen and oxygen atoms in total. The maximum atomic E-state index is 11.8. The van der Waals surface area contributed by atoms with Gasteiger partial charge >= 0.3 is 5.97 Å². The van der Waals surface area contributed by atoms with Crippen LogP contribution in [0.2, 0.25) is 0 Å². The molecule has 0 aliphatic heterocycles. The van der Waals surface area contributed by atoms with Crippen LogP contribution in [-0.4, -0.2) is 45.0 Å². The van der Waals surface area contributed by atoms with E-state index < -0.39 is 22.1 Å². The Kier molecular flexibility index (Phi) is 6.04. The van der Waals surface area contributed by atoms with Crippen molar-refractivity contribution in [3.05, 3.63) is 0 Å². The number of hydrogen-bond acceptors (Lipinski definition) is 4. The molecule has 1 aliphatic rings.